The van der Waals surface area contributed by atoms with Gasteiger partial charge in [-0.15, -0.1) is 0 Å². The molecule has 62 heavy (non-hydrogen) atoms. The van der Waals surface area contributed by atoms with Crippen molar-refractivity contribution >= 4 is 40.8 Å². The average Bonchev–Trinajstić information content (AvgIpc) is 3.65. The molecule has 3 N–H and O–H groups in total. The van der Waals surface area contributed by atoms with Gasteiger partial charge in [0, 0.05) is 48.5 Å². The van der Waals surface area contributed by atoms with E-state index in [1.54, 1.807) is 20.8 Å². The summed E-state index contributed by atoms with van der Waals surface area (Å²) >= 11 is 0. The minimum absolute atomic E-state index is 0.0755. The fourth-order valence-electron chi connectivity index (χ4n) is 8.40. The molecule has 0 spiro atoms. The fraction of sp³-hybridized carbons (Fsp3) is 0.511. The van der Waals surface area contributed by atoms with Crippen LogP contribution in [0.3, 0.4) is 0 Å². The Bertz CT molecular complexity index is 2150. The number of aliphatic imine (C=N–C) groups is 1. The smallest absolute Gasteiger partial charge is 0.444 e. The lowest BCUT2D eigenvalue weighted by atomic mass is 9.77. The Balaban J connectivity index is 1.14. The van der Waals surface area contributed by atoms with Crippen LogP contribution >= 0.6 is 0 Å². The number of nitrogens with zero attached hydrogens (tertiary/aromatic N) is 2. The van der Waals surface area contributed by atoms with Crippen LogP contribution in [0.4, 0.5) is 38.1 Å². The molecule has 2 heterocycles. The summed E-state index contributed by atoms with van der Waals surface area (Å²) in [4.78, 5) is 58.9. The zero-order chi connectivity index (χ0) is 45.0. The predicted molar refractivity (Wildman–Crippen MR) is 228 cm³/mol. The number of hydrogen-bond donors (Lipinski definition) is 3. The van der Waals surface area contributed by atoms with Crippen LogP contribution in [0, 0.1) is 24.7 Å². The third-order valence-corrected chi connectivity index (χ3v) is 12.0. The van der Waals surface area contributed by atoms with Crippen molar-refractivity contribution in [1.82, 2.24) is 15.5 Å². The van der Waals surface area contributed by atoms with Crippen LogP contribution in [-0.4, -0.2) is 84.7 Å². The Morgan fingerprint density at radius 2 is 1.55 bits per heavy atom. The number of anilines is 1. The van der Waals surface area contributed by atoms with E-state index in [0.29, 0.717) is 37.8 Å². The number of alkyl carbamates (subject to hydrolysis) is 1. The Morgan fingerprint density at radius 3 is 2.18 bits per heavy atom. The SMILES string of the molecule is Cc1cc(C(=O)NC2CCN(C)CC2)ccc1-c1ccc(C[C@H](CC(=O)C2CCC(CNC(=O)OC(C)(C)C)CC2)C(=O)Nc2ccc3c(c2)N=C(C(F)(F)C(F)(F)F)C3)cc1. The van der Waals surface area contributed by atoms with Crippen molar-refractivity contribution < 1.29 is 45.9 Å². The second-order valence-electron chi connectivity index (χ2n) is 18.1. The number of piperidine rings is 1. The molecule has 10 nitrogen and oxygen atoms in total. The van der Waals surface area contributed by atoms with Crippen molar-refractivity contribution in [1.29, 1.82) is 0 Å². The quantitative estimate of drug-likeness (QED) is 0.147. The summed E-state index contributed by atoms with van der Waals surface area (Å²) in [6.07, 6.45) is -2.46. The number of benzene rings is 3. The molecule has 2 aliphatic heterocycles. The molecule has 3 amide bonds. The lowest BCUT2D eigenvalue weighted by molar-refractivity contribution is -0.249. The van der Waals surface area contributed by atoms with E-state index >= 15 is 0 Å². The van der Waals surface area contributed by atoms with Gasteiger partial charge in [-0.1, -0.05) is 36.4 Å². The third kappa shape index (κ3) is 11.8. The molecule has 334 valence electrons. The van der Waals surface area contributed by atoms with Crippen LogP contribution in [0.15, 0.2) is 65.7 Å². The van der Waals surface area contributed by atoms with Crippen LogP contribution < -0.4 is 16.0 Å². The van der Waals surface area contributed by atoms with Crippen molar-refractivity contribution in [3.63, 3.8) is 0 Å². The van der Waals surface area contributed by atoms with E-state index in [1.807, 2.05) is 49.4 Å². The number of hydrogen-bond acceptors (Lipinski definition) is 7. The molecule has 3 aromatic carbocycles. The molecule has 1 aliphatic carbocycles. The molecule has 0 bridgehead atoms. The summed E-state index contributed by atoms with van der Waals surface area (Å²) < 4.78 is 72.8. The van der Waals surface area contributed by atoms with E-state index in [0.717, 1.165) is 48.2 Å². The molecule has 0 aromatic heterocycles. The van der Waals surface area contributed by atoms with E-state index in [-0.39, 0.29) is 59.3 Å². The molecule has 3 aromatic rings. The molecule has 0 unspecified atom stereocenters. The van der Waals surface area contributed by atoms with Crippen LogP contribution in [0.2, 0.25) is 0 Å². The fourth-order valence-corrected chi connectivity index (χ4v) is 8.40. The number of alkyl halides is 5. The Hall–Kier alpha value is -5.18. The monoisotopic (exact) mass is 865 g/mol. The van der Waals surface area contributed by atoms with Gasteiger partial charge in [-0.05, 0) is 151 Å². The van der Waals surface area contributed by atoms with Crippen molar-refractivity contribution in [2.24, 2.45) is 22.7 Å². The number of aryl methyl sites for hydroxylation is 1. The summed E-state index contributed by atoms with van der Waals surface area (Å²) in [6.45, 7) is 9.60. The van der Waals surface area contributed by atoms with Gasteiger partial charge in [0.05, 0.1) is 5.69 Å². The number of carbonyl (C=O) groups excluding carboxylic acids is 4. The van der Waals surface area contributed by atoms with Crippen LogP contribution in [0.25, 0.3) is 11.1 Å². The van der Waals surface area contributed by atoms with Crippen molar-refractivity contribution in [2.75, 3.05) is 32.0 Å². The van der Waals surface area contributed by atoms with Gasteiger partial charge < -0.3 is 25.6 Å². The van der Waals surface area contributed by atoms with Gasteiger partial charge in [0.15, 0.2) is 0 Å². The molecular weight excluding hydrogens is 810 g/mol. The first-order chi connectivity index (χ1) is 29.1. The van der Waals surface area contributed by atoms with Gasteiger partial charge in [0.25, 0.3) is 5.91 Å². The maximum Gasteiger partial charge on any atom is 0.459 e. The molecule has 2 fully saturated rings. The molecule has 1 saturated heterocycles. The highest BCUT2D eigenvalue weighted by Gasteiger charge is 2.61. The summed E-state index contributed by atoms with van der Waals surface area (Å²) in [5.74, 6) is -6.75. The summed E-state index contributed by atoms with van der Waals surface area (Å²) in [5.41, 5.74) is 2.41. The molecular formula is C47H56F5N5O5. The Morgan fingerprint density at radius 1 is 0.871 bits per heavy atom. The highest BCUT2D eigenvalue weighted by atomic mass is 19.4. The van der Waals surface area contributed by atoms with Crippen molar-refractivity contribution in [3.05, 3.63) is 82.9 Å². The molecule has 1 saturated carbocycles. The van der Waals surface area contributed by atoms with Crippen LogP contribution in [-0.2, 0) is 27.2 Å². The topological polar surface area (TPSA) is 129 Å². The van der Waals surface area contributed by atoms with Crippen LogP contribution in [0.1, 0.15) is 92.8 Å². The van der Waals surface area contributed by atoms with E-state index < -0.39 is 47.8 Å². The van der Waals surface area contributed by atoms with Gasteiger partial charge in [-0.2, -0.15) is 22.0 Å². The molecule has 3 aliphatic rings. The Labute approximate surface area is 359 Å². The number of nitrogens with one attached hydrogen (secondary N) is 3. The van der Waals surface area contributed by atoms with Gasteiger partial charge in [0.2, 0.25) is 5.91 Å². The number of ether oxygens (including phenoxy) is 1. The molecule has 15 heteroatoms. The van der Waals surface area contributed by atoms with E-state index in [1.165, 1.54) is 18.2 Å². The lowest BCUT2D eigenvalue weighted by Crippen LogP contribution is -2.44. The van der Waals surface area contributed by atoms with Gasteiger partial charge >= 0.3 is 18.2 Å². The van der Waals surface area contributed by atoms with Crippen molar-refractivity contribution in [3.8, 4) is 11.1 Å². The van der Waals surface area contributed by atoms with Crippen LogP contribution in [0.5, 0.6) is 0 Å². The Kier molecular flexibility index (Phi) is 14.2. The van der Waals surface area contributed by atoms with E-state index in [2.05, 4.69) is 32.9 Å². The number of Topliss-reactive ketones (excluding diaryl/α,β-unsaturated/α-hetero) is 1. The second-order valence-corrected chi connectivity index (χ2v) is 18.1. The first kappa shape index (κ1) is 46.3. The van der Waals surface area contributed by atoms with Gasteiger partial charge in [-0.3, -0.25) is 19.4 Å². The summed E-state index contributed by atoms with van der Waals surface area (Å²) in [6, 6.07) is 17.4. The maximum absolute atomic E-state index is 14.1. The highest BCUT2D eigenvalue weighted by Crippen LogP contribution is 2.42. The van der Waals surface area contributed by atoms with Gasteiger partial charge in [0.1, 0.15) is 17.1 Å². The molecule has 1 atom stereocenters. The first-order valence-corrected chi connectivity index (χ1v) is 21.3. The average molecular weight is 866 g/mol. The molecule has 0 radical (unpaired) electrons. The number of fused-ring (bicyclic) bond motifs is 1. The number of carbonyl (C=O) groups is 4. The largest absolute Gasteiger partial charge is 0.459 e. The highest BCUT2D eigenvalue weighted by molar-refractivity contribution is 6.01. The predicted octanol–water partition coefficient (Wildman–Crippen LogP) is 9.40. The maximum atomic E-state index is 14.1. The van der Waals surface area contributed by atoms with E-state index in [4.69, 9.17) is 4.74 Å². The first-order valence-electron chi connectivity index (χ1n) is 21.3. The zero-order valence-electron chi connectivity index (χ0n) is 35.9. The second kappa shape index (κ2) is 19.1. The number of likely N-dealkylation sites (tertiary alicyclic amines) is 1. The minimum atomic E-state index is -5.80. The van der Waals surface area contributed by atoms with E-state index in [9.17, 15) is 41.1 Å². The van der Waals surface area contributed by atoms with Gasteiger partial charge in [-0.25, -0.2) is 4.79 Å². The number of halogens is 5. The normalized spacial score (nSPS) is 19.2. The standard InChI is InChI=1S/C47H56F5N5O5/c1-28-22-34(42(59)54-36-18-20-57(5)21-19-36)15-17-38(28)31-10-6-29(7-11-31)23-35(24-40(58)32-12-8-30(9-13-32)27-53-44(61)62-45(2,3)4)43(60)55-37-16-14-33-25-41(56-39(33)26-37)46(48,49)47(50,51)52/h6-7,10-11,14-17,22,26,30,32,35-36H,8-9,12-13,18-21,23-25,27H2,1-5H3,(H,53,61)(H,54,59)(H,55,60)/t30?,32?,35-/m1/s1. The number of ketones is 1. The number of rotatable bonds is 13. The third-order valence-electron chi connectivity index (χ3n) is 12.0. The lowest BCUT2D eigenvalue weighted by Gasteiger charge is -2.29. The molecule has 6 rings (SSSR count). The minimum Gasteiger partial charge on any atom is -0.444 e. The van der Waals surface area contributed by atoms with Crippen molar-refractivity contribution in [2.45, 2.75) is 109 Å². The summed E-state index contributed by atoms with van der Waals surface area (Å²) in [5, 5.41) is 8.73. The summed E-state index contributed by atoms with van der Waals surface area (Å²) in [7, 11) is 2.07. The zero-order valence-corrected chi connectivity index (χ0v) is 35.9. The number of amides is 3.